The van der Waals surface area contributed by atoms with E-state index in [2.05, 4.69) is 10.6 Å². The molecule has 0 heterocycles. The van der Waals surface area contributed by atoms with Gasteiger partial charge >= 0.3 is 5.97 Å². The molecule has 0 spiro atoms. The lowest BCUT2D eigenvalue weighted by atomic mass is 10.0. The molecule has 2 aromatic rings. The second-order valence-corrected chi connectivity index (χ2v) is 12.1. The van der Waals surface area contributed by atoms with Crippen LogP contribution in [0.4, 0.5) is 0 Å². The number of hydrogen-bond acceptors (Lipinski definition) is 4. The number of benzene rings is 2. The molecule has 0 fully saturated rings. The quantitative estimate of drug-likeness (QED) is 0.282. The van der Waals surface area contributed by atoms with E-state index in [0.29, 0.717) is 12.8 Å². The summed E-state index contributed by atoms with van der Waals surface area (Å²) < 4.78 is 13.6. The monoisotopic (exact) mass is 516 g/mol. The number of carbonyl (C=O) groups is 3. The SMILES string of the molecule is CC(=O)N[C@@H](CC(C)C)C(=O)N[C@@H](Cc1ccccc1)P(=O)(O)C[C@@H](CCc1ccccc1)C(=O)O. The smallest absolute Gasteiger partial charge is 0.307 e. The zero-order chi connectivity index (χ0) is 26.7. The third-order valence-corrected chi connectivity index (χ3v) is 8.17. The summed E-state index contributed by atoms with van der Waals surface area (Å²) in [4.78, 5) is 47.9. The maximum absolute atomic E-state index is 13.6. The lowest BCUT2D eigenvalue weighted by molar-refractivity contribution is -0.141. The first-order chi connectivity index (χ1) is 17.0. The molecule has 36 heavy (non-hydrogen) atoms. The minimum atomic E-state index is -4.19. The zero-order valence-corrected chi connectivity index (χ0v) is 22.0. The average molecular weight is 517 g/mol. The van der Waals surface area contributed by atoms with Gasteiger partial charge in [-0.1, -0.05) is 74.5 Å². The Morgan fingerprint density at radius 3 is 1.97 bits per heavy atom. The van der Waals surface area contributed by atoms with Gasteiger partial charge in [0, 0.05) is 19.5 Å². The molecule has 0 saturated carbocycles. The van der Waals surface area contributed by atoms with Gasteiger partial charge in [-0.3, -0.25) is 18.9 Å². The van der Waals surface area contributed by atoms with Crippen molar-refractivity contribution in [3.8, 4) is 0 Å². The molecule has 0 aliphatic rings. The molecule has 2 rings (SSSR count). The van der Waals surface area contributed by atoms with Crippen LogP contribution in [0.5, 0.6) is 0 Å². The van der Waals surface area contributed by atoms with Gasteiger partial charge in [-0.15, -0.1) is 0 Å². The predicted octanol–water partition coefficient (Wildman–Crippen LogP) is 3.83. The average Bonchev–Trinajstić information content (AvgIpc) is 2.81. The van der Waals surface area contributed by atoms with Crippen molar-refractivity contribution in [2.45, 2.75) is 58.3 Å². The van der Waals surface area contributed by atoms with Gasteiger partial charge in [-0.25, -0.2) is 0 Å². The summed E-state index contributed by atoms with van der Waals surface area (Å²) in [6, 6.07) is 17.4. The van der Waals surface area contributed by atoms with E-state index in [1.54, 1.807) is 24.3 Å². The molecule has 0 aromatic heterocycles. The predicted molar refractivity (Wildman–Crippen MR) is 140 cm³/mol. The molecular formula is C27H37N2O6P. The van der Waals surface area contributed by atoms with Gasteiger partial charge in [0.25, 0.3) is 0 Å². The van der Waals surface area contributed by atoms with E-state index < -0.39 is 43.1 Å². The summed E-state index contributed by atoms with van der Waals surface area (Å²) >= 11 is 0. The highest BCUT2D eigenvalue weighted by Crippen LogP contribution is 2.48. The fraction of sp³-hybridized carbons (Fsp3) is 0.444. The largest absolute Gasteiger partial charge is 0.481 e. The number of carboxylic acid groups (broad SMARTS) is 1. The van der Waals surface area contributed by atoms with Crippen molar-refractivity contribution in [3.63, 3.8) is 0 Å². The van der Waals surface area contributed by atoms with E-state index in [9.17, 15) is 28.9 Å². The molecule has 9 heteroatoms. The fourth-order valence-corrected chi connectivity index (χ4v) is 6.12. The van der Waals surface area contributed by atoms with Crippen molar-refractivity contribution in [1.82, 2.24) is 10.6 Å². The van der Waals surface area contributed by atoms with Crippen molar-refractivity contribution in [1.29, 1.82) is 0 Å². The Hall–Kier alpha value is -2.96. The Balaban J connectivity index is 2.26. The van der Waals surface area contributed by atoms with Crippen LogP contribution < -0.4 is 10.6 Å². The van der Waals surface area contributed by atoms with Crippen molar-refractivity contribution < 1.29 is 28.9 Å². The number of carboxylic acids is 1. The Morgan fingerprint density at radius 2 is 1.47 bits per heavy atom. The molecule has 2 aromatic carbocycles. The molecule has 0 aliphatic heterocycles. The first-order valence-electron chi connectivity index (χ1n) is 12.2. The van der Waals surface area contributed by atoms with Gasteiger partial charge in [0.15, 0.2) is 0 Å². The molecular weight excluding hydrogens is 479 g/mol. The molecule has 8 nitrogen and oxygen atoms in total. The molecule has 4 N–H and O–H groups in total. The van der Waals surface area contributed by atoms with Gasteiger partial charge in [0.05, 0.1) is 5.92 Å². The molecule has 1 unspecified atom stereocenters. The van der Waals surface area contributed by atoms with Crippen molar-refractivity contribution in [2.75, 3.05) is 6.16 Å². The molecule has 0 saturated heterocycles. The van der Waals surface area contributed by atoms with E-state index in [4.69, 9.17) is 0 Å². The number of nitrogens with one attached hydrogen (secondary N) is 2. The Kier molecular flexibility index (Phi) is 11.3. The second kappa shape index (κ2) is 14.0. The van der Waals surface area contributed by atoms with E-state index in [0.717, 1.165) is 11.1 Å². The second-order valence-electron chi connectivity index (χ2n) is 9.59. The molecule has 4 atom stereocenters. The first kappa shape index (κ1) is 29.3. The van der Waals surface area contributed by atoms with E-state index in [1.165, 1.54) is 6.92 Å². The number of aliphatic carboxylic acids is 1. The summed E-state index contributed by atoms with van der Waals surface area (Å²) in [6.45, 7) is 5.12. The molecule has 0 aliphatic carbocycles. The van der Waals surface area contributed by atoms with Crippen molar-refractivity contribution >= 4 is 25.2 Å². The summed E-state index contributed by atoms with van der Waals surface area (Å²) in [5.74, 6) is -4.26. The lowest BCUT2D eigenvalue weighted by Gasteiger charge is -2.29. The Morgan fingerprint density at radius 1 is 0.917 bits per heavy atom. The van der Waals surface area contributed by atoms with Crippen LogP contribution in [0.3, 0.4) is 0 Å². The van der Waals surface area contributed by atoms with Crippen LogP contribution in [0.25, 0.3) is 0 Å². The zero-order valence-electron chi connectivity index (χ0n) is 21.1. The van der Waals surface area contributed by atoms with Gasteiger partial charge in [-0.2, -0.15) is 0 Å². The number of amides is 2. The van der Waals surface area contributed by atoms with Crippen LogP contribution >= 0.6 is 7.37 Å². The van der Waals surface area contributed by atoms with E-state index in [-0.39, 0.29) is 24.7 Å². The molecule has 0 bridgehead atoms. The summed E-state index contributed by atoms with van der Waals surface area (Å²) in [7, 11) is -4.19. The third-order valence-electron chi connectivity index (χ3n) is 5.92. The standard InChI is InChI=1S/C27H37N2O6P/c1-19(2)16-24(28-20(3)30)26(31)29-25(17-22-12-8-5-9-13-22)36(34,35)18-23(27(32)33)15-14-21-10-6-4-7-11-21/h4-13,19,23-25H,14-18H2,1-3H3,(H,28,30)(H,29,31)(H,32,33)(H,34,35)/t23-,24+,25-/m1/s1. The summed E-state index contributed by atoms with van der Waals surface area (Å²) in [6.07, 6.45) is 0.583. The molecule has 0 radical (unpaired) electrons. The maximum Gasteiger partial charge on any atom is 0.307 e. The maximum atomic E-state index is 13.6. The minimum absolute atomic E-state index is 0.0554. The van der Waals surface area contributed by atoms with Crippen LogP contribution in [0.2, 0.25) is 0 Å². The molecule has 2 amide bonds. The van der Waals surface area contributed by atoms with E-state index >= 15 is 0 Å². The Labute approximate surface area is 213 Å². The third kappa shape index (κ3) is 9.96. The van der Waals surface area contributed by atoms with Crippen LogP contribution in [0.15, 0.2) is 60.7 Å². The summed E-state index contributed by atoms with van der Waals surface area (Å²) in [5.41, 5.74) is 1.67. The van der Waals surface area contributed by atoms with Gasteiger partial charge in [0.1, 0.15) is 11.8 Å². The number of rotatable bonds is 14. The number of aryl methyl sites for hydroxylation is 1. The van der Waals surface area contributed by atoms with Gasteiger partial charge < -0.3 is 20.6 Å². The first-order valence-corrected chi connectivity index (χ1v) is 14.1. The van der Waals surface area contributed by atoms with Crippen molar-refractivity contribution in [3.05, 3.63) is 71.8 Å². The minimum Gasteiger partial charge on any atom is -0.481 e. The van der Waals surface area contributed by atoms with Crippen molar-refractivity contribution in [2.24, 2.45) is 11.8 Å². The van der Waals surface area contributed by atoms with Crippen LogP contribution in [0, 0.1) is 11.8 Å². The lowest BCUT2D eigenvalue weighted by Crippen LogP contribution is -2.50. The normalized spacial score (nSPS) is 15.4. The number of carbonyl (C=O) groups excluding carboxylic acids is 2. The highest BCUT2D eigenvalue weighted by atomic mass is 31.2. The van der Waals surface area contributed by atoms with Crippen LogP contribution in [-0.2, 0) is 31.8 Å². The Bertz CT molecular complexity index is 1040. The van der Waals surface area contributed by atoms with Gasteiger partial charge in [-0.05, 0) is 36.3 Å². The summed E-state index contributed by atoms with van der Waals surface area (Å²) in [5, 5.41) is 15.1. The highest BCUT2D eigenvalue weighted by molar-refractivity contribution is 7.58. The van der Waals surface area contributed by atoms with Crippen LogP contribution in [-0.4, -0.2) is 45.8 Å². The highest BCUT2D eigenvalue weighted by Gasteiger charge is 2.38. The molecule has 196 valence electrons. The van der Waals surface area contributed by atoms with E-state index in [1.807, 2.05) is 50.2 Å². The van der Waals surface area contributed by atoms with Gasteiger partial charge in [0.2, 0.25) is 19.2 Å². The van der Waals surface area contributed by atoms with Crippen LogP contribution in [0.1, 0.15) is 44.7 Å². The topological polar surface area (TPSA) is 133 Å². The number of hydrogen-bond donors (Lipinski definition) is 4. The fourth-order valence-electron chi connectivity index (χ4n) is 4.07.